The molecule has 0 saturated carbocycles. The summed E-state index contributed by atoms with van der Waals surface area (Å²) in [6.07, 6.45) is 2.38. The van der Waals surface area contributed by atoms with Gasteiger partial charge in [-0.1, -0.05) is 0 Å². The summed E-state index contributed by atoms with van der Waals surface area (Å²) in [6, 6.07) is 1.87. The molecular weight excluding hydrogens is 218 g/mol. The zero-order chi connectivity index (χ0) is 12.7. The van der Waals surface area contributed by atoms with E-state index in [4.69, 9.17) is 4.74 Å². The zero-order valence-electron chi connectivity index (χ0n) is 10.9. The molecule has 1 atom stereocenters. The number of aliphatic hydroxyl groups is 1. The topological polar surface area (TPSA) is 59.3 Å². The Morgan fingerprint density at radius 2 is 2.29 bits per heavy atom. The lowest BCUT2D eigenvalue weighted by Crippen LogP contribution is -2.31. The van der Waals surface area contributed by atoms with E-state index in [0.717, 1.165) is 25.3 Å². The van der Waals surface area contributed by atoms with Gasteiger partial charge in [0.1, 0.15) is 5.60 Å². The summed E-state index contributed by atoms with van der Waals surface area (Å²) in [5.74, 6) is 0. The minimum Gasteiger partial charge on any atom is -0.384 e. The lowest BCUT2D eigenvalue weighted by atomic mass is 9.98. The van der Waals surface area contributed by atoms with Gasteiger partial charge >= 0.3 is 0 Å². The third-order valence-electron chi connectivity index (χ3n) is 2.84. The first-order valence-electron chi connectivity index (χ1n) is 6.06. The van der Waals surface area contributed by atoms with Crippen LogP contribution in [0.15, 0.2) is 12.3 Å². The van der Waals surface area contributed by atoms with Crippen LogP contribution in [0.5, 0.6) is 0 Å². The van der Waals surface area contributed by atoms with Gasteiger partial charge in [0.05, 0.1) is 12.3 Å². The number of aromatic nitrogens is 2. The third-order valence-corrected chi connectivity index (χ3v) is 2.84. The number of methoxy groups -OCH3 is 1. The Hall–Kier alpha value is -0.910. The summed E-state index contributed by atoms with van der Waals surface area (Å²) in [5.41, 5.74) is 0.0283. The van der Waals surface area contributed by atoms with Crippen LogP contribution in [-0.4, -0.2) is 41.7 Å². The van der Waals surface area contributed by atoms with Crippen LogP contribution < -0.4 is 5.32 Å². The fourth-order valence-corrected chi connectivity index (χ4v) is 1.80. The van der Waals surface area contributed by atoms with Crippen molar-refractivity contribution in [3.63, 3.8) is 0 Å². The Kier molecular flexibility index (Phi) is 5.61. The van der Waals surface area contributed by atoms with Gasteiger partial charge in [-0.25, -0.2) is 0 Å². The average molecular weight is 241 g/mol. The number of aryl methyl sites for hydroxylation is 1. The molecule has 0 amide bonds. The monoisotopic (exact) mass is 241 g/mol. The third kappa shape index (κ3) is 4.11. The highest BCUT2D eigenvalue weighted by Gasteiger charge is 2.26. The second-order valence-corrected chi connectivity index (χ2v) is 4.30. The van der Waals surface area contributed by atoms with E-state index in [-0.39, 0.29) is 0 Å². The first-order valence-corrected chi connectivity index (χ1v) is 6.06. The Balaban J connectivity index is 2.45. The first-order chi connectivity index (χ1) is 8.11. The van der Waals surface area contributed by atoms with Crippen LogP contribution in [0.1, 0.15) is 26.0 Å². The van der Waals surface area contributed by atoms with Crippen LogP contribution in [0, 0.1) is 0 Å². The molecule has 0 aliphatic heterocycles. The molecule has 5 nitrogen and oxygen atoms in total. The predicted molar refractivity (Wildman–Crippen MR) is 66.8 cm³/mol. The van der Waals surface area contributed by atoms with Crippen LogP contribution >= 0.6 is 0 Å². The Morgan fingerprint density at radius 1 is 1.53 bits per heavy atom. The van der Waals surface area contributed by atoms with Gasteiger partial charge < -0.3 is 15.2 Å². The molecule has 2 N–H and O–H groups in total. The van der Waals surface area contributed by atoms with E-state index in [1.807, 2.05) is 24.6 Å². The average Bonchev–Trinajstić information content (AvgIpc) is 2.77. The predicted octanol–water partition coefficient (Wildman–Crippen LogP) is 0.737. The molecule has 1 rings (SSSR count). The van der Waals surface area contributed by atoms with Crippen molar-refractivity contribution < 1.29 is 9.84 Å². The van der Waals surface area contributed by atoms with Gasteiger partial charge in [0.2, 0.25) is 0 Å². The van der Waals surface area contributed by atoms with Crippen LogP contribution in [0.2, 0.25) is 0 Å². The molecule has 0 radical (unpaired) electrons. The second-order valence-electron chi connectivity index (χ2n) is 4.30. The largest absolute Gasteiger partial charge is 0.384 e. The maximum Gasteiger partial charge on any atom is 0.105 e. The molecule has 1 unspecified atom stereocenters. The van der Waals surface area contributed by atoms with Gasteiger partial charge in [-0.2, -0.15) is 5.10 Å². The maximum absolute atomic E-state index is 10.4. The summed E-state index contributed by atoms with van der Waals surface area (Å²) >= 11 is 0. The van der Waals surface area contributed by atoms with Crippen molar-refractivity contribution in [2.24, 2.45) is 0 Å². The summed E-state index contributed by atoms with van der Waals surface area (Å²) in [5, 5.41) is 17.8. The molecular formula is C12H23N3O2. The lowest BCUT2D eigenvalue weighted by Gasteiger charge is -2.24. The van der Waals surface area contributed by atoms with E-state index >= 15 is 0 Å². The molecule has 0 spiro atoms. The standard InChI is InChI=1S/C12H23N3O2/c1-4-15-11(5-7-14-15)12(2,16)6-8-13-9-10-17-3/h5,7,13,16H,4,6,8-10H2,1-3H3. The highest BCUT2D eigenvalue weighted by atomic mass is 16.5. The van der Waals surface area contributed by atoms with Gasteiger partial charge in [-0.15, -0.1) is 0 Å². The van der Waals surface area contributed by atoms with Gasteiger partial charge in [0, 0.05) is 26.4 Å². The molecule has 1 aromatic heterocycles. The summed E-state index contributed by atoms with van der Waals surface area (Å²) in [4.78, 5) is 0. The fourth-order valence-electron chi connectivity index (χ4n) is 1.80. The van der Waals surface area contributed by atoms with Gasteiger partial charge in [0.25, 0.3) is 0 Å². The van der Waals surface area contributed by atoms with Crippen molar-refractivity contribution in [3.05, 3.63) is 18.0 Å². The van der Waals surface area contributed by atoms with E-state index in [1.165, 1.54) is 0 Å². The molecule has 17 heavy (non-hydrogen) atoms. The van der Waals surface area contributed by atoms with Crippen LogP contribution in [0.3, 0.4) is 0 Å². The number of nitrogens with one attached hydrogen (secondary N) is 1. The Morgan fingerprint density at radius 3 is 2.94 bits per heavy atom. The van der Waals surface area contributed by atoms with Gasteiger partial charge in [-0.3, -0.25) is 4.68 Å². The SMILES string of the molecule is CCn1nccc1C(C)(O)CCNCCOC. The molecule has 0 aliphatic rings. The van der Waals surface area contributed by atoms with E-state index < -0.39 is 5.60 Å². The molecule has 0 saturated heterocycles. The van der Waals surface area contributed by atoms with Crippen LogP contribution in [0.4, 0.5) is 0 Å². The van der Waals surface area contributed by atoms with Crippen molar-refractivity contribution in [1.29, 1.82) is 0 Å². The van der Waals surface area contributed by atoms with E-state index in [1.54, 1.807) is 13.3 Å². The van der Waals surface area contributed by atoms with Gasteiger partial charge in [-0.05, 0) is 32.9 Å². The van der Waals surface area contributed by atoms with Crippen molar-refractivity contribution in [1.82, 2.24) is 15.1 Å². The molecule has 0 bridgehead atoms. The minimum absolute atomic E-state index is 0.655. The normalized spacial score (nSPS) is 14.8. The number of ether oxygens (including phenoxy) is 1. The molecule has 5 heteroatoms. The molecule has 1 aromatic rings. The lowest BCUT2D eigenvalue weighted by molar-refractivity contribution is 0.0383. The first kappa shape index (κ1) is 14.2. The van der Waals surface area contributed by atoms with Gasteiger partial charge in [0.15, 0.2) is 0 Å². The van der Waals surface area contributed by atoms with E-state index in [0.29, 0.717) is 13.0 Å². The molecule has 1 heterocycles. The van der Waals surface area contributed by atoms with Crippen molar-refractivity contribution in [2.75, 3.05) is 26.8 Å². The number of rotatable bonds is 8. The second kappa shape index (κ2) is 6.74. The maximum atomic E-state index is 10.4. The van der Waals surface area contributed by atoms with Crippen molar-refractivity contribution in [3.8, 4) is 0 Å². The van der Waals surface area contributed by atoms with Crippen molar-refractivity contribution in [2.45, 2.75) is 32.4 Å². The summed E-state index contributed by atoms with van der Waals surface area (Å²) < 4.78 is 6.77. The molecule has 0 fully saturated rings. The smallest absolute Gasteiger partial charge is 0.105 e. The van der Waals surface area contributed by atoms with E-state index in [2.05, 4.69) is 10.4 Å². The quantitative estimate of drug-likeness (QED) is 0.659. The highest BCUT2D eigenvalue weighted by Crippen LogP contribution is 2.23. The van der Waals surface area contributed by atoms with Crippen molar-refractivity contribution >= 4 is 0 Å². The number of hydrogen-bond donors (Lipinski definition) is 2. The number of hydrogen-bond acceptors (Lipinski definition) is 4. The van der Waals surface area contributed by atoms with Crippen LogP contribution in [-0.2, 0) is 16.9 Å². The number of nitrogens with zero attached hydrogens (tertiary/aromatic N) is 2. The molecule has 0 aliphatic carbocycles. The fraction of sp³-hybridized carbons (Fsp3) is 0.750. The zero-order valence-corrected chi connectivity index (χ0v) is 10.9. The Bertz CT molecular complexity index is 323. The molecule has 0 aromatic carbocycles. The molecule has 98 valence electrons. The summed E-state index contributed by atoms with van der Waals surface area (Å²) in [6.45, 7) is 6.87. The van der Waals surface area contributed by atoms with E-state index in [9.17, 15) is 5.11 Å². The highest BCUT2D eigenvalue weighted by molar-refractivity contribution is 5.10. The summed E-state index contributed by atoms with van der Waals surface area (Å²) in [7, 11) is 1.68. The Labute approximate surface area is 103 Å². The van der Waals surface area contributed by atoms with Crippen LogP contribution in [0.25, 0.3) is 0 Å². The minimum atomic E-state index is -0.841.